The van der Waals surface area contributed by atoms with E-state index in [0.29, 0.717) is 42.3 Å². The first-order valence-electron chi connectivity index (χ1n) is 11.0. The van der Waals surface area contributed by atoms with Gasteiger partial charge in [0.25, 0.3) is 11.8 Å². The maximum absolute atomic E-state index is 12.7. The number of rotatable bonds is 4. The summed E-state index contributed by atoms with van der Waals surface area (Å²) in [5.74, 6) is -0.281. The molecule has 174 valence electrons. The van der Waals surface area contributed by atoms with E-state index in [4.69, 9.17) is 23.8 Å². The van der Waals surface area contributed by atoms with E-state index < -0.39 is 0 Å². The van der Waals surface area contributed by atoms with Crippen molar-refractivity contribution in [2.75, 3.05) is 36.4 Å². The molecule has 3 aromatic rings. The molecule has 0 radical (unpaired) electrons. The van der Waals surface area contributed by atoms with Gasteiger partial charge in [-0.15, -0.1) is 0 Å². The van der Waals surface area contributed by atoms with E-state index in [1.54, 1.807) is 18.2 Å². The molecule has 0 bridgehead atoms. The first-order chi connectivity index (χ1) is 16.4. The number of carbonyl (C=O) groups is 2. The summed E-state index contributed by atoms with van der Waals surface area (Å²) in [6.45, 7) is 4.51. The molecule has 0 spiro atoms. The number of carbonyl (C=O) groups excluding carboxylic acids is 2. The van der Waals surface area contributed by atoms with E-state index >= 15 is 0 Å². The smallest absolute Gasteiger partial charge is 0.257 e. The number of anilines is 2. The van der Waals surface area contributed by atoms with Crippen LogP contribution in [0.4, 0.5) is 11.4 Å². The van der Waals surface area contributed by atoms with Gasteiger partial charge in [-0.2, -0.15) is 0 Å². The molecule has 2 N–H and O–H groups in total. The van der Waals surface area contributed by atoms with Gasteiger partial charge in [-0.1, -0.05) is 48.0 Å². The van der Waals surface area contributed by atoms with Crippen molar-refractivity contribution in [3.63, 3.8) is 0 Å². The molecule has 1 saturated heterocycles. The molecule has 4 rings (SSSR count). The minimum Gasteiger partial charge on any atom is -0.366 e. The molecule has 0 atom stereocenters. The van der Waals surface area contributed by atoms with Gasteiger partial charge >= 0.3 is 0 Å². The molecule has 0 saturated carbocycles. The van der Waals surface area contributed by atoms with Crippen LogP contribution in [-0.4, -0.2) is 48.0 Å². The predicted octanol–water partition coefficient (Wildman–Crippen LogP) is 4.74. The molecule has 0 unspecified atom stereocenters. The normalized spacial score (nSPS) is 13.4. The number of amides is 2. The van der Waals surface area contributed by atoms with Crippen molar-refractivity contribution in [3.05, 3.63) is 94.5 Å². The zero-order valence-electron chi connectivity index (χ0n) is 18.8. The Balaban J connectivity index is 1.38. The van der Waals surface area contributed by atoms with Gasteiger partial charge in [0.2, 0.25) is 0 Å². The minimum atomic E-state index is -0.329. The highest BCUT2D eigenvalue weighted by molar-refractivity contribution is 7.80. The van der Waals surface area contributed by atoms with Crippen LogP contribution in [0, 0.1) is 6.92 Å². The fourth-order valence-electron chi connectivity index (χ4n) is 3.83. The van der Waals surface area contributed by atoms with Gasteiger partial charge in [-0.05, 0) is 61.1 Å². The third-order valence-electron chi connectivity index (χ3n) is 5.74. The van der Waals surface area contributed by atoms with E-state index in [-0.39, 0.29) is 16.9 Å². The second kappa shape index (κ2) is 10.7. The van der Waals surface area contributed by atoms with E-state index in [1.807, 2.05) is 66.4 Å². The molecular weight excluding hydrogens is 468 g/mol. The Hall–Kier alpha value is -3.42. The van der Waals surface area contributed by atoms with Gasteiger partial charge in [0.05, 0.1) is 11.4 Å². The summed E-state index contributed by atoms with van der Waals surface area (Å²) in [7, 11) is 0. The van der Waals surface area contributed by atoms with E-state index in [2.05, 4.69) is 15.5 Å². The minimum absolute atomic E-state index is 0.0479. The Morgan fingerprint density at radius 1 is 0.882 bits per heavy atom. The van der Waals surface area contributed by atoms with Gasteiger partial charge in [0, 0.05) is 42.3 Å². The van der Waals surface area contributed by atoms with Crippen LogP contribution in [0.15, 0.2) is 72.8 Å². The maximum atomic E-state index is 12.7. The van der Waals surface area contributed by atoms with Gasteiger partial charge in [0.15, 0.2) is 5.11 Å². The lowest BCUT2D eigenvalue weighted by Gasteiger charge is -2.37. The summed E-state index contributed by atoms with van der Waals surface area (Å²) in [6, 6.07) is 22.2. The number of nitrogens with zero attached hydrogens (tertiary/aromatic N) is 2. The van der Waals surface area contributed by atoms with Crippen LogP contribution >= 0.6 is 23.8 Å². The van der Waals surface area contributed by atoms with Gasteiger partial charge in [0.1, 0.15) is 0 Å². The molecule has 8 heteroatoms. The lowest BCUT2D eigenvalue weighted by atomic mass is 10.1. The Kier molecular flexibility index (Phi) is 7.45. The average Bonchev–Trinajstić information content (AvgIpc) is 2.86. The Labute approximate surface area is 209 Å². The number of hydrogen-bond acceptors (Lipinski definition) is 4. The van der Waals surface area contributed by atoms with Crippen LogP contribution < -0.4 is 15.5 Å². The highest BCUT2D eigenvalue weighted by Crippen LogP contribution is 2.27. The maximum Gasteiger partial charge on any atom is 0.257 e. The summed E-state index contributed by atoms with van der Waals surface area (Å²) in [4.78, 5) is 29.4. The van der Waals surface area contributed by atoms with Gasteiger partial charge in [-0.3, -0.25) is 14.9 Å². The molecule has 34 heavy (non-hydrogen) atoms. The molecule has 1 aliphatic heterocycles. The van der Waals surface area contributed by atoms with Crippen molar-refractivity contribution in [1.82, 2.24) is 10.2 Å². The van der Waals surface area contributed by atoms with Crippen molar-refractivity contribution >= 4 is 52.1 Å². The second-order valence-electron chi connectivity index (χ2n) is 8.03. The van der Waals surface area contributed by atoms with E-state index in [0.717, 1.165) is 16.9 Å². The number of hydrogen-bond donors (Lipinski definition) is 2. The monoisotopic (exact) mass is 492 g/mol. The average molecular weight is 493 g/mol. The van der Waals surface area contributed by atoms with E-state index in [1.165, 1.54) is 0 Å². The van der Waals surface area contributed by atoms with Crippen LogP contribution in [-0.2, 0) is 0 Å². The number of halogens is 1. The predicted molar refractivity (Wildman–Crippen MR) is 141 cm³/mol. The molecular formula is C26H25ClN4O2S. The SMILES string of the molecule is Cc1ccc(C(=O)NC(=S)Nc2ccccc2N2CCN(C(=O)c3ccccc3)CC2)cc1Cl. The summed E-state index contributed by atoms with van der Waals surface area (Å²) in [5, 5.41) is 6.58. The topological polar surface area (TPSA) is 64.7 Å². The van der Waals surface area contributed by atoms with Crippen molar-refractivity contribution in [3.8, 4) is 0 Å². The van der Waals surface area contributed by atoms with Crippen molar-refractivity contribution in [1.29, 1.82) is 0 Å². The Bertz CT molecular complexity index is 1210. The van der Waals surface area contributed by atoms with Crippen molar-refractivity contribution < 1.29 is 9.59 Å². The number of nitrogens with one attached hydrogen (secondary N) is 2. The zero-order chi connectivity index (χ0) is 24.1. The molecule has 2 amide bonds. The van der Waals surface area contributed by atoms with Crippen LogP contribution in [0.1, 0.15) is 26.3 Å². The standard InChI is InChI=1S/C26H25ClN4O2S/c1-18-11-12-20(17-21(18)27)24(32)29-26(34)28-22-9-5-6-10-23(22)30-13-15-31(16-14-30)25(33)19-7-3-2-4-8-19/h2-12,17H,13-16H2,1H3,(H2,28,29,32,34). The van der Waals surface area contributed by atoms with Crippen LogP contribution in [0.2, 0.25) is 5.02 Å². The van der Waals surface area contributed by atoms with Crippen LogP contribution in [0.5, 0.6) is 0 Å². The fraction of sp³-hybridized carbons (Fsp3) is 0.192. The highest BCUT2D eigenvalue weighted by atomic mass is 35.5. The van der Waals surface area contributed by atoms with E-state index in [9.17, 15) is 9.59 Å². The molecule has 3 aromatic carbocycles. The molecule has 6 nitrogen and oxygen atoms in total. The van der Waals surface area contributed by atoms with Gasteiger partial charge in [-0.25, -0.2) is 0 Å². The number of para-hydroxylation sites is 2. The third kappa shape index (κ3) is 5.55. The fourth-order valence-corrected chi connectivity index (χ4v) is 4.21. The highest BCUT2D eigenvalue weighted by Gasteiger charge is 2.23. The number of benzene rings is 3. The van der Waals surface area contributed by atoms with Crippen LogP contribution in [0.25, 0.3) is 0 Å². The number of piperazine rings is 1. The lowest BCUT2D eigenvalue weighted by molar-refractivity contribution is 0.0746. The number of aryl methyl sites for hydroxylation is 1. The Morgan fingerprint density at radius 2 is 1.56 bits per heavy atom. The third-order valence-corrected chi connectivity index (χ3v) is 6.35. The molecule has 1 heterocycles. The summed E-state index contributed by atoms with van der Waals surface area (Å²) < 4.78 is 0. The Morgan fingerprint density at radius 3 is 2.26 bits per heavy atom. The molecule has 1 aliphatic rings. The second-order valence-corrected chi connectivity index (χ2v) is 8.85. The largest absolute Gasteiger partial charge is 0.366 e. The van der Waals surface area contributed by atoms with Crippen molar-refractivity contribution in [2.24, 2.45) is 0 Å². The van der Waals surface area contributed by atoms with Crippen LogP contribution in [0.3, 0.4) is 0 Å². The summed E-state index contributed by atoms with van der Waals surface area (Å²) in [5.41, 5.74) is 3.79. The molecule has 1 fully saturated rings. The molecule has 0 aromatic heterocycles. The quantitative estimate of drug-likeness (QED) is 0.515. The lowest BCUT2D eigenvalue weighted by Crippen LogP contribution is -2.49. The zero-order valence-corrected chi connectivity index (χ0v) is 20.3. The summed E-state index contributed by atoms with van der Waals surface area (Å²) in [6.07, 6.45) is 0. The number of thiocarbonyl (C=S) groups is 1. The summed E-state index contributed by atoms with van der Waals surface area (Å²) >= 11 is 11.5. The molecule has 0 aliphatic carbocycles. The first-order valence-corrected chi connectivity index (χ1v) is 11.8. The van der Waals surface area contributed by atoms with Crippen molar-refractivity contribution in [2.45, 2.75) is 6.92 Å². The van der Waals surface area contributed by atoms with Gasteiger partial charge < -0.3 is 15.1 Å². The first kappa shape index (κ1) is 23.7.